The van der Waals surface area contributed by atoms with Crippen LogP contribution in [0.3, 0.4) is 0 Å². The Hall–Kier alpha value is -2.34. The Balaban J connectivity index is 1.61. The van der Waals surface area contributed by atoms with Crippen molar-refractivity contribution in [3.8, 4) is 5.75 Å². The number of hydrogen-bond donors (Lipinski definition) is 2. The molecule has 0 bridgehead atoms. The molecule has 3 rings (SSSR count). The molecule has 1 aliphatic rings. The molecule has 1 aromatic carbocycles. The number of benzene rings is 1. The second kappa shape index (κ2) is 7.95. The van der Waals surface area contributed by atoms with Crippen molar-refractivity contribution < 1.29 is 9.90 Å². The normalized spacial score (nSPS) is 16.3. The second-order valence-corrected chi connectivity index (χ2v) is 8.95. The SMILES string of the molecule is Cc1cc(CN2CCC(n3nccc3NC(=O)C(C)(C)C)CC2)cc(C)c1O. The molecule has 0 radical (unpaired) electrons. The molecular weight excluding hydrogens is 352 g/mol. The fraction of sp³-hybridized carbons (Fsp3) is 0.545. The van der Waals surface area contributed by atoms with Gasteiger partial charge in [0.15, 0.2) is 0 Å². The van der Waals surface area contributed by atoms with Crippen LogP contribution in [0.4, 0.5) is 5.82 Å². The van der Waals surface area contributed by atoms with E-state index in [0.717, 1.165) is 49.4 Å². The fourth-order valence-corrected chi connectivity index (χ4v) is 3.73. The van der Waals surface area contributed by atoms with Crippen molar-refractivity contribution in [1.82, 2.24) is 14.7 Å². The van der Waals surface area contributed by atoms with Crippen LogP contribution in [0.1, 0.15) is 56.3 Å². The summed E-state index contributed by atoms with van der Waals surface area (Å²) in [5.74, 6) is 1.18. The lowest BCUT2D eigenvalue weighted by atomic mass is 9.96. The van der Waals surface area contributed by atoms with E-state index < -0.39 is 5.41 Å². The number of phenols is 1. The van der Waals surface area contributed by atoms with Gasteiger partial charge < -0.3 is 10.4 Å². The van der Waals surface area contributed by atoms with Crippen LogP contribution in [0, 0.1) is 19.3 Å². The molecule has 0 spiro atoms. The van der Waals surface area contributed by atoms with Crippen molar-refractivity contribution >= 4 is 11.7 Å². The van der Waals surface area contributed by atoms with Gasteiger partial charge in [0.05, 0.1) is 12.2 Å². The smallest absolute Gasteiger partial charge is 0.230 e. The predicted octanol–water partition coefficient (Wildman–Crippen LogP) is 4.03. The highest BCUT2D eigenvalue weighted by Gasteiger charge is 2.26. The summed E-state index contributed by atoms with van der Waals surface area (Å²) >= 11 is 0. The zero-order valence-corrected chi connectivity index (χ0v) is 17.6. The number of aromatic hydroxyl groups is 1. The maximum Gasteiger partial charge on any atom is 0.230 e. The van der Waals surface area contributed by atoms with Gasteiger partial charge in [0.2, 0.25) is 5.91 Å². The molecule has 1 amide bonds. The molecule has 1 saturated heterocycles. The molecule has 0 unspecified atom stereocenters. The maximum absolute atomic E-state index is 12.3. The van der Waals surface area contributed by atoms with E-state index in [1.165, 1.54) is 5.56 Å². The number of rotatable bonds is 4. The Morgan fingerprint density at radius 3 is 2.39 bits per heavy atom. The van der Waals surface area contributed by atoms with Gasteiger partial charge in [0, 0.05) is 31.1 Å². The van der Waals surface area contributed by atoms with Crippen molar-refractivity contribution in [2.45, 2.75) is 60.0 Å². The summed E-state index contributed by atoms with van der Waals surface area (Å²) in [6, 6.07) is 6.31. The third-order valence-corrected chi connectivity index (χ3v) is 5.45. The van der Waals surface area contributed by atoms with Crippen LogP contribution in [0.2, 0.25) is 0 Å². The second-order valence-electron chi connectivity index (χ2n) is 8.95. The van der Waals surface area contributed by atoms with Gasteiger partial charge in [0.1, 0.15) is 11.6 Å². The number of nitrogens with zero attached hydrogens (tertiary/aromatic N) is 3. The molecule has 1 fully saturated rings. The summed E-state index contributed by atoms with van der Waals surface area (Å²) in [4.78, 5) is 14.8. The van der Waals surface area contributed by atoms with E-state index in [9.17, 15) is 9.90 Å². The average Bonchev–Trinajstić information content (AvgIpc) is 3.07. The van der Waals surface area contributed by atoms with E-state index in [4.69, 9.17) is 0 Å². The van der Waals surface area contributed by atoms with Gasteiger partial charge in [-0.05, 0) is 43.4 Å². The number of amides is 1. The average molecular weight is 385 g/mol. The topological polar surface area (TPSA) is 70.4 Å². The maximum atomic E-state index is 12.3. The third-order valence-electron chi connectivity index (χ3n) is 5.45. The van der Waals surface area contributed by atoms with Gasteiger partial charge in [-0.2, -0.15) is 5.10 Å². The molecule has 2 heterocycles. The standard InChI is InChI=1S/C22H32N4O2/c1-15-12-17(13-16(2)20(15)27)14-25-10-7-18(8-11-25)26-19(6-9-23-26)24-21(28)22(3,4)5/h6,9,12-13,18,27H,7-8,10-11,14H2,1-5H3,(H,24,28). The zero-order chi connectivity index (χ0) is 20.5. The number of carbonyl (C=O) groups excluding carboxylic acids is 1. The number of carbonyl (C=O) groups is 1. The molecular formula is C22H32N4O2. The summed E-state index contributed by atoms with van der Waals surface area (Å²) in [5, 5.41) is 17.5. The van der Waals surface area contributed by atoms with Crippen molar-refractivity contribution in [2.24, 2.45) is 5.41 Å². The van der Waals surface area contributed by atoms with E-state index in [1.54, 1.807) is 6.20 Å². The number of aryl methyl sites for hydroxylation is 2. The van der Waals surface area contributed by atoms with Crippen LogP contribution in [-0.2, 0) is 11.3 Å². The lowest BCUT2D eigenvalue weighted by molar-refractivity contribution is -0.123. The Bertz CT molecular complexity index is 819. The number of piperidine rings is 1. The van der Waals surface area contributed by atoms with Crippen LogP contribution in [-0.4, -0.2) is 38.8 Å². The van der Waals surface area contributed by atoms with Gasteiger partial charge in [-0.3, -0.25) is 9.69 Å². The fourth-order valence-electron chi connectivity index (χ4n) is 3.73. The van der Waals surface area contributed by atoms with Gasteiger partial charge in [0.25, 0.3) is 0 Å². The number of hydrogen-bond acceptors (Lipinski definition) is 4. The van der Waals surface area contributed by atoms with E-state index in [0.29, 0.717) is 11.8 Å². The number of anilines is 1. The highest BCUT2D eigenvalue weighted by atomic mass is 16.3. The first kappa shape index (κ1) is 20.4. The molecule has 2 N–H and O–H groups in total. The quantitative estimate of drug-likeness (QED) is 0.835. The van der Waals surface area contributed by atoms with E-state index >= 15 is 0 Å². The Labute approximate surface area is 167 Å². The molecule has 152 valence electrons. The lowest BCUT2D eigenvalue weighted by Crippen LogP contribution is -2.35. The predicted molar refractivity (Wildman–Crippen MR) is 111 cm³/mol. The summed E-state index contributed by atoms with van der Waals surface area (Å²) in [7, 11) is 0. The minimum Gasteiger partial charge on any atom is -0.507 e. The zero-order valence-electron chi connectivity index (χ0n) is 17.6. The lowest BCUT2D eigenvalue weighted by Gasteiger charge is -2.33. The minimum absolute atomic E-state index is 0.00440. The van der Waals surface area contributed by atoms with E-state index in [-0.39, 0.29) is 5.91 Å². The third kappa shape index (κ3) is 4.55. The first-order valence-electron chi connectivity index (χ1n) is 10.0. The van der Waals surface area contributed by atoms with Crippen LogP contribution in [0.5, 0.6) is 5.75 Å². The van der Waals surface area contributed by atoms with Crippen molar-refractivity contribution in [3.05, 3.63) is 41.1 Å². The van der Waals surface area contributed by atoms with Crippen molar-refractivity contribution in [2.75, 3.05) is 18.4 Å². The molecule has 0 saturated carbocycles. The Kier molecular flexibility index (Phi) is 5.79. The Morgan fingerprint density at radius 1 is 1.21 bits per heavy atom. The Morgan fingerprint density at radius 2 is 1.82 bits per heavy atom. The van der Waals surface area contributed by atoms with Gasteiger partial charge >= 0.3 is 0 Å². The molecule has 1 aromatic heterocycles. The van der Waals surface area contributed by atoms with Gasteiger partial charge in [-0.1, -0.05) is 32.9 Å². The summed E-state index contributed by atoms with van der Waals surface area (Å²) < 4.78 is 1.97. The molecule has 0 aliphatic carbocycles. The first-order chi connectivity index (χ1) is 13.1. The van der Waals surface area contributed by atoms with Gasteiger partial charge in [-0.15, -0.1) is 0 Å². The number of aromatic nitrogens is 2. The summed E-state index contributed by atoms with van der Waals surface area (Å²) in [6.07, 6.45) is 3.75. The molecule has 6 nitrogen and oxygen atoms in total. The van der Waals surface area contributed by atoms with Crippen LogP contribution < -0.4 is 5.32 Å². The van der Waals surface area contributed by atoms with Crippen LogP contribution in [0.15, 0.2) is 24.4 Å². The molecule has 2 aromatic rings. The van der Waals surface area contributed by atoms with Crippen LogP contribution >= 0.6 is 0 Å². The van der Waals surface area contributed by atoms with Crippen LogP contribution in [0.25, 0.3) is 0 Å². The number of phenolic OH excluding ortho intramolecular Hbond substituents is 1. The van der Waals surface area contributed by atoms with Crippen molar-refractivity contribution in [3.63, 3.8) is 0 Å². The minimum atomic E-state index is -0.432. The molecule has 0 atom stereocenters. The summed E-state index contributed by atoms with van der Waals surface area (Å²) in [5.41, 5.74) is 2.67. The molecule has 6 heteroatoms. The van der Waals surface area contributed by atoms with Gasteiger partial charge in [-0.25, -0.2) is 4.68 Å². The monoisotopic (exact) mass is 384 g/mol. The van der Waals surface area contributed by atoms with E-state index in [2.05, 4.69) is 27.4 Å². The van der Waals surface area contributed by atoms with Crippen molar-refractivity contribution in [1.29, 1.82) is 0 Å². The van der Waals surface area contributed by atoms with E-state index in [1.807, 2.05) is 45.4 Å². The molecule has 28 heavy (non-hydrogen) atoms. The largest absolute Gasteiger partial charge is 0.507 e. The number of likely N-dealkylation sites (tertiary alicyclic amines) is 1. The highest BCUT2D eigenvalue weighted by molar-refractivity contribution is 5.93. The molecule has 1 aliphatic heterocycles. The first-order valence-corrected chi connectivity index (χ1v) is 10.0. The summed E-state index contributed by atoms with van der Waals surface area (Å²) in [6.45, 7) is 12.5. The number of nitrogens with one attached hydrogen (secondary N) is 1. The highest BCUT2D eigenvalue weighted by Crippen LogP contribution is 2.28.